The first kappa shape index (κ1) is 14.4. The van der Waals surface area contributed by atoms with Gasteiger partial charge in [-0.05, 0) is 5.56 Å². The van der Waals surface area contributed by atoms with Crippen molar-refractivity contribution in [1.82, 2.24) is 4.90 Å². The Labute approximate surface area is 113 Å². The van der Waals surface area contributed by atoms with Crippen LogP contribution < -0.4 is 5.73 Å². The summed E-state index contributed by atoms with van der Waals surface area (Å²) in [5.74, 6) is 0.0670. The molecule has 0 spiro atoms. The minimum atomic E-state index is 0.0670. The third kappa shape index (κ3) is 5.10. The Kier molecular flexibility index (Phi) is 6.08. The Morgan fingerprint density at radius 3 is 2.61 bits per heavy atom. The van der Waals surface area contributed by atoms with E-state index < -0.39 is 0 Å². The van der Waals surface area contributed by atoms with Gasteiger partial charge in [0, 0.05) is 19.5 Å². The lowest BCUT2D eigenvalue weighted by Crippen LogP contribution is -2.35. The van der Waals surface area contributed by atoms with Gasteiger partial charge < -0.3 is 10.6 Å². The zero-order chi connectivity index (χ0) is 13.4. The minimum absolute atomic E-state index is 0.0670. The van der Waals surface area contributed by atoms with Gasteiger partial charge in [0.1, 0.15) is 0 Å². The van der Waals surface area contributed by atoms with Gasteiger partial charge in [0.2, 0.25) is 5.91 Å². The molecule has 0 bridgehead atoms. The van der Waals surface area contributed by atoms with Crippen molar-refractivity contribution in [3.05, 3.63) is 48.6 Å². The van der Waals surface area contributed by atoms with E-state index in [1.807, 2.05) is 30.3 Å². The SMILES string of the molecule is C=CCN(CCC(N)=S)C(=O)Cc1ccccc1. The van der Waals surface area contributed by atoms with Gasteiger partial charge in [-0.3, -0.25) is 4.79 Å². The molecule has 0 fully saturated rings. The zero-order valence-corrected chi connectivity index (χ0v) is 11.2. The average Bonchev–Trinajstić information content (AvgIpc) is 2.35. The first-order valence-corrected chi connectivity index (χ1v) is 6.25. The maximum Gasteiger partial charge on any atom is 0.227 e. The number of carbonyl (C=O) groups is 1. The number of carbonyl (C=O) groups excluding carboxylic acids is 1. The minimum Gasteiger partial charge on any atom is -0.393 e. The predicted molar refractivity (Wildman–Crippen MR) is 78.3 cm³/mol. The highest BCUT2D eigenvalue weighted by Gasteiger charge is 2.12. The quantitative estimate of drug-likeness (QED) is 0.603. The van der Waals surface area contributed by atoms with Crippen LogP contribution in [-0.2, 0) is 11.2 Å². The molecular formula is C14H18N2OS. The van der Waals surface area contributed by atoms with Gasteiger partial charge in [-0.2, -0.15) is 0 Å². The highest BCUT2D eigenvalue weighted by Crippen LogP contribution is 2.04. The molecule has 96 valence electrons. The molecule has 0 radical (unpaired) electrons. The Morgan fingerprint density at radius 2 is 2.06 bits per heavy atom. The Hall–Kier alpha value is -1.68. The van der Waals surface area contributed by atoms with E-state index in [9.17, 15) is 4.79 Å². The van der Waals surface area contributed by atoms with Crippen LogP contribution in [-0.4, -0.2) is 28.9 Å². The largest absolute Gasteiger partial charge is 0.393 e. The van der Waals surface area contributed by atoms with Crippen LogP contribution in [0.2, 0.25) is 0 Å². The van der Waals surface area contributed by atoms with Crippen LogP contribution in [0.4, 0.5) is 0 Å². The van der Waals surface area contributed by atoms with Crippen LogP contribution in [0.5, 0.6) is 0 Å². The van der Waals surface area contributed by atoms with Gasteiger partial charge in [0.15, 0.2) is 0 Å². The number of benzene rings is 1. The fourth-order valence-corrected chi connectivity index (χ4v) is 1.69. The van der Waals surface area contributed by atoms with E-state index in [0.717, 1.165) is 5.56 Å². The van der Waals surface area contributed by atoms with E-state index in [1.165, 1.54) is 0 Å². The van der Waals surface area contributed by atoms with Gasteiger partial charge in [-0.25, -0.2) is 0 Å². The number of nitrogens with two attached hydrogens (primary N) is 1. The number of hydrogen-bond acceptors (Lipinski definition) is 2. The molecule has 0 aliphatic heterocycles. The Balaban J connectivity index is 2.59. The number of rotatable bonds is 7. The standard InChI is InChI=1S/C14H18N2OS/c1-2-9-16(10-8-13(15)18)14(17)11-12-6-4-3-5-7-12/h2-7H,1,8-11H2,(H2,15,18). The second-order valence-electron chi connectivity index (χ2n) is 4.01. The summed E-state index contributed by atoms with van der Waals surface area (Å²) >= 11 is 4.83. The lowest BCUT2D eigenvalue weighted by molar-refractivity contribution is -0.129. The molecule has 0 saturated heterocycles. The molecule has 3 nitrogen and oxygen atoms in total. The van der Waals surface area contributed by atoms with Gasteiger partial charge >= 0.3 is 0 Å². The summed E-state index contributed by atoms with van der Waals surface area (Å²) in [5.41, 5.74) is 6.46. The van der Waals surface area contributed by atoms with Crippen molar-refractivity contribution in [3.8, 4) is 0 Å². The van der Waals surface area contributed by atoms with Crippen molar-refractivity contribution in [3.63, 3.8) is 0 Å². The smallest absolute Gasteiger partial charge is 0.227 e. The summed E-state index contributed by atoms with van der Waals surface area (Å²) in [7, 11) is 0. The Bertz CT molecular complexity index is 417. The maximum atomic E-state index is 12.1. The zero-order valence-electron chi connectivity index (χ0n) is 10.3. The monoisotopic (exact) mass is 262 g/mol. The molecule has 0 atom stereocenters. The number of nitrogens with zero attached hydrogens (tertiary/aromatic N) is 1. The molecule has 0 aliphatic carbocycles. The van der Waals surface area contributed by atoms with E-state index >= 15 is 0 Å². The molecule has 0 unspecified atom stereocenters. The molecule has 0 aliphatic rings. The molecule has 0 heterocycles. The van der Waals surface area contributed by atoms with E-state index in [4.69, 9.17) is 18.0 Å². The van der Waals surface area contributed by atoms with Crippen LogP contribution in [0.1, 0.15) is 12.0 Å². The molecule has 0 saturated carbocycles. The maximum absolute atomic E-state index is 12.1. The summed E-state index contributed by atoms with van der Waals surface area (Å²) in [6.45, 7) is 4.73. The summed E-state index contributed by atoms with van der Waals surface area (Å²) in [4.78, 5) is 14.3. The van der Waals surface area contributed by atoms with E-state index in [2.05, 4.69) is 6.58 Å². The van der Waals surface area contributed by atoms with Gasteiger partial charge in [0.25, 0.3) is 0 Å². The second kappa shape index (κ2) is 7.61. The van der Waals surface area contributed by atoms with Crippen molar-refractivity contribution in [1.29, 1.82) is 0 Å². The Morgan fingerprint density at radius 1 is 1.39 bits per heavy atom. The highest BCUT2D eigenvalue weighted by molar-refractivity contribution is 7.80. The predicted octanol–water partition coefficient (Wildman–Crippen LogP) is 1.92. The molecule has 1 aromatic rings. The lowest BCUT2D eigenvalue weighted by atomic mass is 10.1. The van der Waals surface area contributed by atoms with Crippen molar-refractivity contribution in [2.75, 3.05) is 13.1 Å². The number of hydrogen-bond donors (Lipinski definition) is 1. The average molecular weight is 262 g/mol. The molecule has 1 rings (SSSR count). The molecule has 2 N–H and O–H groups in total. The first-order chi connectivity index (χ1) is 8.63. The third-order valence-electron chi connectivity index (χ3n) is 2.53. The fourth-order valence-electron chi connectivity index (χ4n) is 1.60. The summed E-state index contributed by atoms with van der Waals surface area (Å²) < 4.78 is 0. The molecule has 18 heavy (non-hydrogen) atoms. The normalized spacial score (nSPS) is 9.78. The number of amides is 1. The summed E-state index contributed by atoms with van der Waals surface area (Å²) in [6, 6.07) is 9.67. The summed E-state index contributed by atoms with van der Waals surface area (Å²) in [5, 5.41) is 0. The van der Waals surface area contributed by atoms with E-state index in [-0.39, 0.29) is 5.91 Å². The van der Waals surface area contributed by atoms with Gasteiger partial charge in [-0.1, -0.05) is 48.6 Å². The molecule has 1 aromatic carbocycles. The van der Waals surface area contributed by atoms with Crippen molar-refractivity contribution < 1.29 is 4.79 Å². The molecular weight excluding hydrogens is 244 g/mol. The molecule has 4 heteroatoms. The number of thiocarbonyl (C=S) groups is 1. The summed E-state index contributed by atoms with van der Waals surface area (Å²) in [6.07, 6.45) is 2.65. The van der Waals surface area contributed by atoms with Crippen LogP contribution in [0.3, 0.4) is 0 Å². The van der Waals surface area contributed by atoms with Gasteiger partial charge in [0.05, 0.1) is 11.4 Å². The topological polar surface area (TPSA) is 46.3 Å². The lowest BCUT2D eigenvalue weighted by Gasteiger charge is -2.20. The van der Waals surface area contributed by atoms with E-state index in [0.29, 0.717) is 30.9 Å². The highest BCUT2D eigenvalue weighted by atomic mass is 32.1. The van der Waals surface area contributed by atoms with Crippen LogP contribution in [0, 0.1) is 0 Å². The van der Waals surface area contributed by atoms with Crippen molar-refractivity contribution >= 4 is 23.1 Å². The van der Waals surface area contributed by atoms with Crippen LogP contribution >= 0.6 is 12.2 Å². The van der Waals surface area contributed by atoms with Crippen LogP contribution in [0.15, 0.2) is 43.0 Å². The van der Waals surface area contributed by atoms with Crippen molar-refractivity contribution in [2.45, 2.75) is 12.8 Å². The van der Waals surface area contributed by atoms with E-state index in [1.54, 1.807) is 11.0 Å². The second-order valence-corrected chi connectivity index (χ2v) is 4.53. The van der Waals surface area contributed by atoms with Crippen LogP contribution in [0.25, 0.3) is 0 Å². The fraction of sp³-hybridized carbons (Fsp3) is 0.286. The molecule has 0 aromatic heterocycles. The molecule has 1 amide bonds. The first-order valence-electron chi connectivity index (χ1n) is 5.84. The van der Waals surface area contributed by atoms with Crippen molar-refractivity contribution in [2.24, 2.45) is 5.73 Å². The third-order valence-corrected chi connectivity index (χ3v) is 2.73. The van der Waals surface area contributed by atoms with Gasteiger partial charge in [-0.15, -0.1) is 6.58 Å².